The van der Waals surface area contributed by atoms with Crippen LogP contribution < -0.4 is 0 Å². The van der Waals surface area contributed by atoms with Gasteiger partial charge in [-0.3, -0.25) is 0 Å². The van der Waals surface area contributed by atoms with Gasteiger partial charge in [-0.1, -0.05) is 26.7 Å². The van der Waals surface area contributed by atoms with Gasteiger partial charge in [0.25, 0.3) is 0 Å². The van der Waals surface area contributed by atoms with Crippen LogP contribution >= 0.6 is 0 Å². The maximum absolute atomic E-state index is 10.5. The fourth-order valence-electron chi connectivity index (χ4n) is 0.875. The molecule has 0 amide bonds. The van der Waals surface area contributed by atoms with E-state index in [1.807, 2.05) is 13.8 Å². The van der Waals surface area contributed by atoms with Gasteiger partial charge in [0.2, 0.25) is 0 Å². The van der Waals surface area contributed by atoms with Crippen molar-refractivity contribution < 1.29 is 29.3 Å². The summed E-state index contributed by atoms with van der Waals surface area (Å²) in [5.41, 5.74) is 0. The summed E-state index contributed by atoms with van der Waals surface area (Å²) in [6.45, 7) is 7.65. The third-order valence-corrected chi connectivity index (χ3v) is 2.17. The zero-order valence-electron chi connectivity index (χ0n) is 12.9. The standard InChI is InChI=1S/2C7H14O3/c2*1-3-4-5-10-7(9)6(2)8/h2*6,8H,3-5H2,1-2H3. The van der Waals surface area contributed by atoms with Crippen LogP contribution in [0.25, 0.3) is 0 Å². The highest BCUT2D eigenvalue weighted by Gasteiger charge is 2.08. The highest BCUT2D eigenvalue weighted by molar-refractivity contribution is 5.74. The number of carbonyl (C=O) groups excluding carboxylic acids is 2. The molecule has 0 radical (unpaired) electrons. The molecule has 0 heterocycles. The van der Waals surface area contributed by atoms with Crippen LogP contribution in [0.15, 0.2) is 0 Å². The van der Waals surface area contributed by atoms with Crippen LogP contribution in [0.1, 0.15) is 53.4 Å². The van der Waals surface area contributed by atoms with Gasteiger partial charge in [0, 0.05) is 0 Å². The maximum atomic E-state index is 10.5. The summed E-state index contributed by atoms with van der Waals surface area (Å²) in [7, 11) is 0. The smallest absolute Gasteiger partial charge is 0.334 e. The van der Waals surface area contributed by atoms with Crippen molar-refractivity contribution in [3.05, 3.63) is 0 Å². The van der Waals surface area contributed by atoms with Gasteiger partial charge in [0.05, 0.1) is 13.2 Å². The molecule has 0 fully saturated rings. The highest BCUT2D eigenvalue weighted by atomic mass is 16.5. The van der Waals surface area contributed by atoms with Crippen molar-refractivity contribution in [3.63, 3.8) is 0 Å². The predicted octanol–water partition coefficient (Wildman–Crippen LogP) is 1.42. The maximum Gasteiger partial charge on any atom is 0.334 e. The summed E-state index contributed by atoms with van der Waals surface area (Å²) in [6.07, 6.45) is 1.73. The van der Waals surface area contributed by atoms with Gasteiger partial charge in [-0.2, -0.15) is 0 Å². The van der Waals surface area contributed by atoms with E-state index >= 15 is 0 Å². The largest absolute Gasteiger partial charge is 0.464 e. The summed E-state index contributed by atoms with van der Waals surface area (Å²) in [5, 5.41) is 17.3. The molecule has 20 heavy (non-hydrogen) atoms. The average molecular weight is 292 g/mol. The van der Waals surface area contributed by atoms with Crippen LogP contribution in [-0.4, -0.2) is 47.6 Å². The Morgan fingerprint density at radius 2 is 1.15 bits per heavy atom. The quantitative estimate of drug-likeness (QED) is 0.519. The Balaban J connectivity index is 0. The molecule has 0 bridgehead atoms. The lowest BCUT2D eigenvalue weighted by Gasteiger charge is -2.04. The molecule has 6 heteroatoms. The summed E-state index contributed by atoms with van der Waals surface area (Å²) in [5.74, 6) is -1.07. The molecule has 0 saturated carbocycles. The summed E-state index contributed by atoms with van der Waals surface area (Å²) in [6, 6.07) is 0. The van der Waals surface area contributed by atoms with Crippen LogP contribution in [-0.2, 0) is 19.1 Å². The molecule has 120 valence electrons. The minimum absolute atomic E-state index is 0.417. The molecule has 0 aromatic heterocycles. The van der Waals surface area contributed by atoms with E-state index in [-0.39, 0.29) is 0 Å². The minimum Gasteiger partial charge on any atom is -0.464 e. The molecular formula is C14H28O6. The normalized spacial score (nSPS) is 12.7. The first kappa shape index (κ1) is 21.2. The van der Waals surface area contributed by atoms with E-state index in [4.69, 9.17) is 10.2 Å². The number of ether oxygens (including phenoxy) is 2. The number of unbranched alkanes of at least 4 members (excludes halogenated alkanes) is 2. The van der Waals surface area contributed by atoms with Crippen molar-refractivity contribution in [2.24, 2.45) is 0 Å². The van der Waals surface area contributed by atoms with Crippen molar-refractivity contribution in [1.82, 2.24) is 0 Å². The predicted molar refractivity (Wildman–Crippen MR) is 75.1 cm³/mol. The van der Waals surface area contributed by atoms with Crippen LogP contribution in [0.2, 0.25) is 0 Å². The highest BCUT2D eigenvalue weighted by Crippen LogP contribution is 1.92. The van der Waals surface area contributed by atoms with E-state index in [1.54, 1.807) is 0 Å². The molecular weight excluding hydrogens is 264 g/mol. The Labute approximate surface area is 121 Å². The van der Waals surface area contributed by atoms with Crippen molar-refractivity contribution in [3.8, 4) is 0 Å². The van der Waals surface area contributed by atoms with Crippen molar-refractivity contribution in [2.75, 3.05) is 13.2 Å². The molecule has 0 aliphatic rings. The Hall–Kier alpha value is -1.14. The van der Waals surface area contributed by atoms with Gasteiger partial charge < -0.3 is 19.7 Å². The van der Waals surface area contributed by atoms with Gasteiger partial charge in [0.1, 0.15) is 12.2 Å². The average Bonchev–Trinajstić information content (AvgIpc) is 2.39. The second-order valence-corrected chi connectivity index (χ2v) is 4.39. The fourth-order valence-corrected chi connectivity index (χ4v) is 0.875. The molecule has 6 nitrogen and oxygen atoms in total. The summed E-state index contributed by atoms with van der Waals surface area (Å²) >= 11 is 0. The molecule has 0 aliphatic heterocycles. The van der Waals surface area contributed by atoms with E-state index < -0.39 is 24.1 Å². The van der Waals surface area contributed by atoms with Crippen molar-refractivity contribution in [1.29, 1.82) is 0 Å². The van der Waals surface area contributed by atoms with Gasteiger partial charge in [-0.25, -0.2) is 9.59 Å². The second kappa shape index (κ2) is 14.3. The third-order valence-electron chi connectivity index (χ3n) is 2.17. The molecule has 0 aromatic rings. The molecule has 2 atom stereocenters. The first-order valence-electron chi connectivity index (χ1n) is 7.06. The van der Waals surface area contributed by atoms with E-state index in [0.29, 0.717) is 13.2 Å². The lowest BCUT2D eigenvalue weighted by atomic mass is 10.3. The van der Waals surface area contributed by atoms with E-state index in [2.05, 4.69) is 9.47 Å². The van der Waals surface area contributed by atoms with E-state index in [1.165, 1.54) is 13.8 Å². The Bertz CT molecular complexity index is 224. The monoisotopic (exact) mass is 292 g/mol. The number of hydrogen-bond donors (Lipinski definition) is 2. The van der Waals surface area contributed by atoms with Gasteiger partial charge in [-0.05, 0) is 26.7 Å². The Morgan fingerprint density at radius 3 is 1.35 bits per heavy atom. The number of aliphatic hydroxyl groups is 2. The van der Waals surface area contributed by atoms with Crippen LogP contribution in [0.3, 0.4) is 0 Å². The zero-order valence-corrected chi connectivity index (χ0v) is 12.9. The Kier molecular flexibility index (Phi) is 15.1. The Morgan fingerprint density at radius 1 is 0.850 bits per heavy atom. The third kappa shape index (κ3) is 14.9. The molecule has 0 spiro atoms. The number of hydrogen-bond acceptors (Lipinski definition) is 6. The van der Waals surface area contributed by atoms with Crippen LogP contribution in [0, 0.1) is 0 Å². The summed E-state index contributed by atoms with van der Waals surface area (Å²) < 4.78 is 9.31. The number of carbonyl (C=O) groups is 2. The second-order valence-electron chi connectivity index (χ2n) is 4.39. The van der Waals surface area contributed by atoms with Crippen molar-refractivity contribution >= 4 is 11.9 Å². The van der Waals surface area contributed by atoms with Crippen LogP contribution in [0.5, 0.6) is 0 Å². The van der Waals surface area contributed by atoms with E-state index in [9.17, 15) is 9.59 Å². The topological polar surface area (TPSA) is 93.1 Å². The van der Waals surface area contributed by atoms with Gasteiger partial charge in [-0.15, -0.1) is 0 Å². The first-order chi connectivity index (χ1) is 9.36. The fraction of sp³-hybridized carbons (Fsp3) is 0.857. The molecule has 0 rings (SSSR count). The van der Waals surface area contributed by atoms with Crippen molar-refractivity contribution in [2.45, 2.75) is 65.6 Å². The number of esters is 2. The lowest BCUT2D eigenvalue weighted by molar-refractivity contribution is -0.153. The molecule has 0 aliphatic carbocycles. The number of aliphatic hydroxyl groups excluding tert-OH is 2. The lowest BCUT2D eigenvalue weighted by Crippen LogP contribution is -2.19. The molecule has 2 N–H and O–H groups in total. The zero-order chi connectivity index (χ0) is 16.0. The van der Waals surface area contributed by atoms with E-state index in [0.717, 1.165) is 25.7 Å². The minimum atomic E-state index is -0.989. The number of rotatable bonds is 8. The summed E-state index contributed by atoms with van der Waals surface area (Å²) in [4.78, 5) is 21.1. The SMILES string of the molecule is CCCCOC(=O)C(C)O.CCCCOC(=O)C(C)O. The molecule has 0 saturated heterocycles. The molecule has 0 aromatic carbocycles. The first-order valence-corrected chi connectivity index (χ1v) is 7.06. The van der Waals surface area contributed by atoms with Gasteiger partial charge >= 0.3 is 11.9 Å². The van der Waals surface area contributed by atoms with Crippen LogP contribution in [0.4, 0.5) is 0 Å². The molecule has 2 unspecified atom stereocenters. The van der Waals surface area contributed by atoms with Gasteiger partial charge in [0.15, 0.2) is 0 Å².